The molecule has 2 aromatic heterocycles. The zero-order valence-corrected chi connectivity index (χ0v) is 22.1. The number of aromatic nitrogens is 3. The van der Waals surface area contributed by atoms with E-state index in [2.05, 4.69) is 14.9 Å². The lowest BCUT2D eigenvalue weighted by Gasteiger charge is -2.40. The van der Waals surface area contributed by atoms with Crippen LogP contribution >= 0.6 is 23.2 Å². The molecule has 0 saturated carbocycles. The summed E-state index contributed by atoms with van der Waals surface area (Å²) in [6.45, 7) is 9.30. The van der Waals surface area contributed by atoms with Gasteiger partial charge in [-0.3, -0.25) is 0 Å². The molecule has 4 aromatic rings. The van der Waals surface area contributed by atoms with E-state index < -0.39 is 5.60 Å². The predicted octanol–water partition coefficient (Wildman–Crippen LogP) is 6.60. The van der Waals surface area contributed by atoms with Gasteiger partial charge in [0, 0.05) is 41.6 Å². The quantitative estimate of drug-likeness (QED) is 0.275. The second-order valence-corrected chi connectivity index (χ2v) is 10.7. The van der Waals surface area contributed by atoms with E-state index in [1.54, 1.807) is 4.90 Å². The van der Waals surface area contributed by atoms with Crippen LogP contribution in [0.25, 0.3) is 33.1 Å². The van der Waals surface area contributed by atoms with E-state index in [0.717, 1.165) is 27.4 Å². The summed E-state index contributed by atoms with van der Waals surface area (Å²) in [7, 11) is 0. The highest BCUT2D eigenvalue weighted by Gasteiger charge is 2.32. The summed E-state index contributed by atoms with van der Waals surface area (Å²) in [5, 5.41) is 3.58. The molecule has 0 bridgehead atoms. The molecule has 0 aliphatic carbocycles. The van der Waals surface area contributed by atoms with Crippen LogP contribution in [0.15, 0.2) is 48.5 Å². The molecule has 3 heterocycles. The van der Waals surface area contributed by atoms with Crippen LogP contribution in [-0.2, 0) is 4.74 Å². The van der Waals surface area contributed by atoms with E-state index in [4.69, 9.17) is 32.9 Å². The van der Waals surface area contributed by atoms with Crippen molar-refractivity contribution >= 4 is 56.9 Å². The first kappa shape index (κ1) is 24.5. The van der Waals surface area contributed by atoms with Crippen molar-refractivity contribution in [2.24, 2.45) is 0 Å². The largest absolute Gasteiger partial charge is 0.444 e. The molecule has 1 fully saturated rings. The molecule has 186 valence electrons. The van der Waals surface area contributed by atoms with Crippen molar-refractivity contribution in [3.05, 3.63) is 58.8 Å². The Morgan fingerprint density at radius 3 is 2.47 bits per heavy atom. The summed E-state index contributed by atoms with van der Waals surface area (Å²) < 4.78 is 5.57. The Hall–Kier alpha value is -3.16. The zero-order valence-electron chi connectivity index (χ0n) is 20.6. The second-order valence-electron chi connectivity index (χ2n) is 10.00. The number of ether oxygens (including phenoxy) is 1. The van der Waals surface area contributed by atoms with E-state index in [-0.39, 0.29) is 17.4 Å². The molecule has 9 heteroatoms. The normalized spacial score (nSPS) is 16.6. The van der Waals surface area contributed by atoms with Crippen molar-refractivity contribution in [2.75, 3.05) is 24.5 Å². The molecule has 5 rings (SSSR count). The lowest BCUT2D eigenvalue weighted by atomic mass is 10.0. The molecule has 2 aromatic carbocycles. The van der Waals surface area contributed by atoms with E-state index >= 15 is 0 Å². The Kier molecular flexibility index (Phi) is 6.39. The fraction of sp³-hybridized carbons (Fsp3) is 0.333. The van der Waals surface area contributed by atoms with E-state index in [1.165, 1.54) is 0 Å². The van der Waals surface area contributed by atoms with Crippen LogP contribution in [0.4, 0.5) is 10.6 Å². The number of hydrogen-bond acceptors (Lipinski definition) is 6. The summed E-state index contributed by atoms with van der Waals surface area (Å²) >= 11 is 12.9. The average molecular weight is 524 g/mol. The van der Waals surface area contributed by atoms with Gasteiger partial charge in [0.25, 0.3) is 0 Å². The lowest BCUT2D eigenvalue weighted by molar-refractivity contribution is 0.0159. The van der Waals surface area contributed by atoms with Crippen LogP contribution in [0.1, 0.15) is 27.7 Å². The van der Waals surface area contributed by atoms with Crippen molar-refractivity contribution in [1.82, 2.24) is 19.9 Å². The van der Waals surface area contributed by atoms with Gasteiger partial charge in [-0.05, 0) is 62.9 Å². The molecule has 1 atom stereocenters. The predicted molar refractivity (Wildman–Crippen MR) is 145 cm³/mol. The van der Waals surface area contributed by atoms with Gasteiger partial charge in [-0.25, -0.2) is 9.78 Å². The van der Waals surface area contributed by atoms with Gasteiger partial charge in [-0.15, -0.1) is 0 Å². The van der Waals surface area contributed by atoms with Gasteiger partial charge >= 0.3 is 6.09 Å². The SMILES string of the molecule is C[C@@H]1CN(c2nc(Cl)nc3nc(-c4cccc5cccc(Cl)c45)ccc23)CCN1C(=O)OC(C)(C)C. The molecule has 0 radical (unpaired) electrons. The van der Waals surface area contributed by atoms with Gasteiger partial charge in [-0.2, -0.15) is 9.97 Å². The average Bonchev–Trinajstić information content (AvgIpc) is 2.81. The number of rotatable bonds is 2. The molecule has 0 unspecified atom stereocenters. The van der Waals surface area contributed by atoms with Crippen LogP contribution < -0.4 is 4.90 Å². The Balaban J connectivity index is 1.49. The highest BCUT2D eigenvalue weighted by molar-refractivity contribution is 6.36. The smallest absolute Gasteiger partial charge is 0.410 e. The van der Waals surface area contributed by atoms with Gasteiger partial charge in [0.2, 0.25) is 5.28 Å². The fourth-order valence-corrected chi connectivity index (χ4v) is 5.05. The minimum absolute atomic E-state index is 0.0672. The Bertz CT molecular complexity index is 1470. The number of benzene rings is 2. The number of carbonyl (C=O) groups excluding carboxylic acids is 1. The van der Waals surface area contributed by atoms with Crippen LogP contribution in [0, 0.1) is 0 Å². The Morgan fingerprint density at radius 1 is 1.00 bits per heavy atom. The van der Waals surface area contributed by atoms with Crippen molar-refractivity contribution in [3.8, 4) is 11.3 Å². The highest BCUT2D eigenvalue weighted by atomic mass is 35.5. The summed E-state index contributed by atoms with van der Waals surface area (Å²) in [4.78, 5) is 30.3. The maximum absolute atomic E-state index is 12.6. The number of fused-ring (bicyclic) bond motifs is 2. The zero-order chi connectivity index (χ0) is 25.6. The number of pyridine rings is 1. The second kappa shape index (κ2) is 9.37. The molecular formula is C27H27Cl2N5O2. The van der Waals surface area contributed by atoms with Crippen molar-refractivity contribution in [1.29, 1.82) is 0 Å². The summed E-state index contributed by atoms with van der Waals surface area (Å²) in [6.07, 6.45) is -0.305. The van der Waals surface area contributed by atoms with E-state index in [9.17, 15) is 4.79 Å². The van der Waals surface area contributed by atoms with Gasteiger partial charge in [-0.1, -0.05) is 41.9 Å². The first-order valence-corrected chi connectivity index (χ1v) is 12.6. The third-order valence-corrected chi connectivity index (χ3v) is 6.68. The monoisotopic (exact) mass is 523 g/mol. The maximum atomic E-state index is 12.6. The lowest BCUT2D eigenvalue weighted by Crippen LogP contribution is -2.55. The summed E-state index contributed by atoms with van der Waals surface area (Å²) in [5.74, 6) is 0.704. The summed E-state index contributed by atoms with van der Waals surface area (Å²) in [6, 6.07) is 15.7. The molecule has 1 aliphatic rings. The van der Waals surface area contributed by atoms with E-state index in [1.807, 2.05) is 76.2 Å². The van der Waals surface area contributed by atoms with Crippen LogP contribution in [0.3, 0.4) is 0 Å². The van der Waals surface area contributed by atoms with E-state index in [0.29, 0.717) is 36.1 Å². The Labute approximate surface area is 220 Å². The van der Waals surface area contributed by atoms with Crippen molar-refractivity contribution in [3.63, 3.8) is 0 Å². The number of amides is 1. The van der Waals surface area contributed by atoms with Crippen molar-refractivity contribution < 1.29 is 9.53 Å². The third-order valence-electron chi connectivity index (χ3n) is 6.20. The molecule has 7 nitrogen and oxygen atoms in total. The first-order chi connectivity index (χ1) is 17.1. The van der Waals surface area contributed by atoms with Gasteiger partial charge in [0.1, 0.15) is 11.4 Å². The molecule has 1 aliphatic heterocycles. The van der Waals surface area contributed by atoms with Crippen LogP contribution in [0.2, 0.25) is 10.3 Å². The highest BCUT2D eigenvalue weighted by Crippen LogP contribution is 2.35. The number of nitrogens with zero attached hydrogens (tertiary/aromatic N) is 5. The van der Waals surface area contributed by atoms with Crippen LogP contribution in [-0.4, -0.2) is 57.2 Å². The topological polar surface area (TPSA) is 71.5 Å². The molecule has 36 heavy (non-hydrogen) atoms. The molecule has 0 N–H and O–H groups in total. The maximum Gasteiger partial charge on any atom is 0.410 e. The number of anilines is 1. The molecular weight excluding hydrogens is 497 g/mol. The number of carbonyl (C=O) groups is 1. The number of piperazine rings is 1. The first-order valence-electron chi connectivity index (χ1n) is 11.9. The van der Waals surface area contributed by atoms with Gasteiger partial charge < -0.3 is 14.5 Å². The van der Waals surface area contributed by atoms with Crippen LogP contribution in [0.5, 0.6) is 0 Å². The number of halogens is 2. The van der Waals surface area contributed by atoms with Gasteiger partial charge in [0.15, 0.2) is 5.65 Å². The number of hydrogen-bond donors (Lipinski definition) is 0. The minimum atomic E-state index is -0.540. The van der Waals surface area contributed by atoms with Crippen molar-refractivity contribution in [2.45, 2.75) is 39.3 Å². The third kappa shape index (κ3) is 4.77. The summed E-state index contributed by atoms with van der Waals surface area (Å²) in [5.41, 5.74) is 1.65. The molecule has 0 spiro atoms. The molecule has 1 saturated heterocycles. The standard InChI is InChI=1S/C27H27Cl2N5O2/c1-16-15-33(13-14-34(16)26(35)36-27(2,3)4)24-19-11-12-21(30-23(19)31-25(29)32-24)18-9-5-7-17-8-6-10-20(28)22(17)18/h5-12,16H,13-15H2,1-4H3/t16-/m1/s1. The Morgan fingerprint density at radius 2 is 1.75 bits per heavy atom. The minimum Gasteiger partial charge on any atom is -0.444 e. The van der Waals surface area contributed by atoms with Gasteiger partial charge in [0.05, 0.1) is 11.1 Å². The molecule has 1 amide bonds. The fourth-order valence-electron chi connectivity index (χ4n) is 4.61.